The van der Waals surface area contributed by atoms with Crippen LogP contribution < -0.4 is 5.32 Å². The average Bonchev–Trinajstić information content (AvgIpc) is 2.81. The second-order valence-corrected chi connectivity index (χ2v) is 6.07. The van der Waals surface area contributed by atoms with Crippen LogP contribution in [0.3, 0.4) is 0 Å². The van der Waals surface area contributed by atoms with Gasteiger partial charge in [0.2, 0.25) is 5.91 Å². The van der Waals surface area contributed by atoms with Gasteiger partial charge in [-0.05, 0) is 24.1 Å². The lowest BCUT2D eigenvalue weighted by atomic mass is 10.1. The first kappa shape index (κ1) is 17.4. The Morgan fingerprint density at radius 2 is 1.83 bits per heavy atom. The summed E-state index contributed by atoms with van der Waals surface area (Å²) in [6, 6.07) is 9.18. The zero-order valence-corrected chi connectivity index (χ0v) is 13.6. The van der Waals surface area contributed by atoms with Gasteiger partial charge in [-0.1, -0.05) is 30.3 Å². The summed E-state index contributed by atoms with van der Waals surface area (Å²) < 4.78 is 0. The summed E-state index contributed by atoms with van der Waals surface area (Å²) in [7, 11) is 0. The number of rotatable bonds is 6. The van der Waals surface area contributed by atoms with E-state index in [0.29, 0.717) is 10.4 Å². The van der Waals surface area contributed by atoms with Gasteiger partial charge in [0.15, 0.2) is 0 Å². The molecule has 124 valence electrons. The molecule has 0 aliphatic rings. The molecule has 2 rings (SSSR count). The van der Waals surface area contributed by atoms with E-state index in [0.717, 1.165) is 16.9 Å². The number of nitrogens with one attached hydrogen (secondary N) is 1. The Morgan fingerprint density at radius 1 is 1.17 bits per heavy atom. The number of aliphatic carboxylic acids is 1. The second kappa shape index (κ2) is 7.56. The monoisotopic (exact) mass is 345 g/mol. The number of aromatic carboxylic acids is 1. The SMILES string of the molecule is Cc1c(CC(=O)O)sc(NC(=O)/C=C/c2ccccc2)c1C(=O)O. The molecule has 0 atom stereocenters. The topological polar surface area (TPSA) is 104 Å². The molecule has 0 fully saturated rings. The number of carboxylic acids is 2. The van der Waals surface area contributed by atoms with Crippen LogP contribution in [0.1, 0.15) is 26.4 Å². The largest absolute Gasteiger partial charge is 0.481 e. The predicted molar refractivity (Wildman–Crippen MR) is 91.5 cm³/mol. The van der Waals surface area contributed by atoms with Crippen molar-refractivity contribution in [2.45, 2.75) is 13.3 Å². The molecule has 1 aromatic heterocycles. The molecule has 2 aromatic rings. The van der Waals surface area contributed by atoms with Crippen molar-refractivity contribution in [1.82, 2.24) is 0 Å². The average molecular weight is 345 g/mol. The normalized spacial score (nSPS) is 10.7. The quantitative estimate of drug-likeness (QED) is 0.698. The molecule has 3 N–H and O–H groups in total. The van der Waals surface area contributed by atoms with E-state index in [2.05, 4.69) is 5.32 Å². The van der Waals surface area contributed by atoms with Crippen LogP contribution in [0.5, 0.6) is 0 Å². The van der Waals surface area contributed by atoms with E-state index in [9.17, 15) is 19.5 Å². The van der Waals surface area contributed by atoms with E-state index in [-0.39, 0.29) is 17.0 Å². The van der Waals surface area contributed by atoms with Crippen LogP contribution in [-0.2, 0) is 16.0 Å². The standard InChI is InChI=1S/C17H15NO5S/c1-10-12(9-14(20)21)24-16(15(10)17(22)23)18-13(19)8-7-11-5-3-2-4-6-11/h2-8H,9H2,1H3,(H,18,19)(H,20,21)(H,22,23)/b8-7+. The van der Waals surface area contributed by atoms with E-state index in [1.165, 1.54) is 13.0 Å². The Morgan fingerprint density at radius 3 is 2.42 bits per heavy atom. The minimum Gasteiger partial charge on any atom is -0.481 e. The number of hydrogen-bond donors (Lipinski definition) is 3. The summed E-state index contributed by atoms with van der Waals surface area (Å²) in [4.78, 5) is 34.7. The lowest BCUT2D eigenvalue weighted by molar-refractivity contribution is -0.136. The molecule has 0 saturated carbocycles. The van der Waals surface area contributed by atoms with Gasteiger partial charge in [-0.3, -0.25) is 9.59 Å². The van der Waals surface area contributed by atoms with Crippen LogP contribution in [0, 0.1) is 6.92 Å². The van der Waals surface area contributed by atoms with Crippen LogP contribution in [-0.4, -0.2) is 28.1 Å². The van der Waals surface area contributed by atoms with Crippen molar-refractivity contribution < 1.29 is 24.6 Å². The number of anilines is 1. The van der Waals surface area contributed by atoms with Gasteiger partial charge in [0.25, 0.3) is 0 Å². The van der Waals surface area contributed by atoms with Crippen molar-refractivity contribution in [3.63, 3.8) is 0 Å². The van der Waals surface area contributed by atoms with Gasteiger partial charge in [0.05, 0.1) is 12.0 Å². The number of hydrogen-bond acceptors (Lipinski definition) is 4. The molecule has 0 spiro atoms. The fourth-order valence-corrected chi connectivity index (χ4v) is 3.29. The van der Waals surface area contributed by atoms with E-state index in [1.807, 2.05) is 30.3 Å². The second-order valence-electron chi connectivity index (χ2n) is 4.96. The first-order valence-corrected chi connectivity index (χ1v) is 7.81. The van der Waals surface area contributed by atoms with Crippen molar-refractivity contribution >= 4 is 40.3 Å². The minimum absolute atomic E-state index is 0.0716. The summed E-state index contributed by atoms with van der Waals surface area (Å²) in [5.41, 5.74) is 1.12. The highest BCUT2D eigenvalue weighted by atomic mass is 32.1. The highest BCUT2D eigenvalue weighted by molar-refractivity contribution is 7.17. The van der Waals surface area contributed by atoms with Gasteiger partial charge in [0.1, 0.15) is 5.00 Å². The van der Waals surface area contributed by atoms with E-state index >= 15 is 0 Å². The fourth-order valence-electron chi connectivity index (χ4n) is 2.10. The Bertz CT molecular complexity index is 808. The summed E-state index contributed by atoms with van der Waals surface area (Å²) in [5.74, 6) is -2.75. The van der Waals surface area contributed by atoms with Crippen molar-refractivity contribution in [3.8, 4) is 0 Å². The summed E-state index contributed by atoms with van der Waals surface area (Å²) in [6.07, 6.45) is 2.62. The van der Waals surface area contributed by atoms with Crippen LogP contribution in [0.25, 0.3) is 6.08 Å². The number of carboxylic acid groups (broad SMARTS) is 2. The maximum absolute atomic E-state index is 12.0. The molecule has 1 amide bonds. The highest BCUT2D eigenvalue weighted by Gasteiger charge is 2.22. The van der Waals surface area contributed by atoms with Gasteiger partial charge in [0, 0.05) is 11.0 Å². The van der Waals surface area contributed by atoms with E-state index in [1.54, 1.807) is 6.08 Å². The van der Waals surface area contributed by atoms with Gasteiger partial charge in [-0.2, -0.15) is 0 Å². The van der Waals surface area contributed by atoms with Crippen LogP contribution in [0.4, 0.5) is 5.00 Å². The molecule has 24 heavy (non-hydrogen) atoms. The zero-order chi connectivity index (χ0) is 17.7. The van der Waals surface area contributed by atoms with Crippen LogP contribution in [0.2, 0.25) is 0 Å². The van der Waals surface area contributed by atoms with Crippen molar-refractivity contribution in [2.24, 2.45) is 0 Å². The Kier molecular flexibility index (Phi) is 5.49. The Labute approximate surface area is 142 Å². The minimum atomic E-state index is -1.21. The molecule has 1 aromatic carbocycles. The molecule has 0 unspecified atom stereocenters. The first-order valence-electron chi connectivity index (χ1n) is 7.00. The van der Waals surface area contributed by atoms with E-state index in [4.69, 9.17) is 5.11 Å². The molecule has 0 aliphatic heterocycles. The van der Waals surface area contributed by atoms with Gasteiger partial charge < -0.3 is 15.5 Å². The van der Waals surface area contributed by atoms with E-state index < -0.39 is 17.8 Å². The summed E-state index contributed by atoms with van der Waals surface area (Å²) >= 11 is 0.965. The molecular formula is C17H15NO5S. The maximum atomic E-state index is 12.0. The van der Waals surface area contributed by atoms with Crippen molar-refractivity contribution in [3.05, 3.63) is 58.0 Å². The molecule has 7 heteroatoms. The predicted octanol–water partition coefficient (Wildman–Crippen LogP) is 3.03. The molecule has 0 radical (unpaired) electrons. The van der Waals surface area contributed by atoms with Crippen LogP contribution in [0.15, 0.2) is 36.4 Å². The molecule has 0 aliphatic carbocycles. The Hall–Kier alpha value is -2.93. The lowest BCUT2D eigenvalue weighted by Crippen LogP contribution is -2.10. The van der Waals surface area contributed by atoms with Crippen molar-refractivity contribution in [1.29, 1.82) is 0 Å². The number of amides is 1. The third kappa shape index (κ3) is 4.30. The maximum Gasteiger partial charge on any atom is 0.338 e. The lowest BCUT2D eigenvalue weighted by Gasteiger charge is -2.01. The summed E-state index contributed by atoms with van der Waals surface area (Å²) in [5, 5.41) is 20.8. The Balaban J connectivity index is 2.22. The van der Waals surface area contributed by atoms with Gasteiger partial charge in [-0.15, -0.1) is 11.3 Å². The molecular weight excluding hydrogens is 330 g/mol. The zero-order valence-electron chi connectivity index (χ0n) is 12.8. The first-order chi connectivity index (χ1) is 11.4. The summed E-state index contributed by atoms with van der Waals surface area (Å²) in [6.45, 7) is 1.54. The number of carbonyl (C=O) groups is 3. The molecule has 0 saturated heterocycles. The molecule has 6 nitrogen and oxygen atoms in total. The highest BCUT2D eigenvalue weighted by Crippen LogP contribution is 2.33. The number of benzene rings is 1. The van der Waals surface area contributed by atoms with Gasteiger partial charge >= 0.3 is 11.9 Å². The smallest absolute Gasteiger partial charge is 0.338 e. The third-order valence-electron chi connectivity index (χ3n) is 3.23. The number of carbonyl (C=O) groups excluding carboxylic acids is 1. The molecule has 0 bridgehead atoms. The van der Waals surface area contributed by atoms with Gasteiger partial charge in [-0.25, -0.2) is 4.79 Å². The van der Waals surface area contributed by atoms with Crippen LogP contribution >= 0.6 is 11.3 Å². The third-order valence-corrected chi connectivity index (χ3v) is 4.44. The van der Waals surface area contributed by atoms with Crippen molar-refractivity contribution in [2.75, 3.05) is 5.32 Å². The molecule has 1 heterocycles. The number of thiophene rings is 1. The fraction of sp³-hybridized carbons (Fsp3) is 0.118.